The molecule has 0 aliphatic heterocycles. The molecule has 1 rings (SSSR count). The molecule has 2 N–H and O–H groups in total. The van der Waals surface area contributed by atoms with Crippen LogP contribution in [0.3, 0.4) is 0 Å². The van der Waals surface area contributed by atoms with E-state index in [0.29, 0.717) is 18.1 Å². The van der Waals surface area contributed by atoms with Crippen molar-refractivity contribution in [3.8, 4) is 12.3 Å². The van der Waals surface area contributed by atoms with Crippen LogP contribution >= 0.6 is 0 Å². The van der Waals surface area contributed by atoms with Gasteiger partial charge in [-0.1, -0.05) is 25.9 Å². The van der Waals surface area contributed by atoms with Gasteiger partial charge in [-0.15, -0.1) is 12.3 Å². The van der Waals surface area contributed by atoms with Crippen molar-refractivity contribution in [2.75, 3.05) is 0 Å². The van der Waals surface area contributed by atoms with E-state index in [1.807, 2.05) is 0 Å². The molecule has 0 saturated carbocycles. The summed E-state index contributed by atoms with van der Waals surface area (Å²) < 4.78 is 5.04. The molecule has 1 atom stereocenters. The van der Waals surface area contributed by atoms with Gasteiger partial charge < -0.3 is 10.3 Å². The highest BCUT2D eigenvalue weighted by Gasteiger charge is 2.18. The number of rotatable bonds is 3. The van der Waals surface area contributed by atoms with Gasteiger partial charge in [-0.3, -0.25) is 0 Å². The quantitative estimate of drug-likeness (QED) is 0.766. The summed E-state index contributed by atoms with van der Waals surface area (Å²) in [4.78, 5) is 4.22. The van der Waals surface area contributed by atoms with Gasteiger partial charge in [0, 0.05) is 12.8 Å². The number of terminal acetylenes is 1. The van der Waals surface area contributed by atoms with Crippen LogP contribution in [0.4, 0.5) is 0 Å². The second-order valence-corrected chi connectivity index (χ2v) is 4.80. The Hall–Kier alpha value is -1.34. The number of nitrogens with zero attached hydrogens (tertiary/aromatic N) is 2. The monoisotopic (exact) mass is 207 g/mol. The molecule has 0 amide bonds. The van der Waals surface area contributed by atoms with Crippen molar-refractivity contribution in [3.05, 3.63) is 11.7 Å². The van der Waals surface area contributed by atoms with Crippen LogP contribution in [-0.2, 0) is 6.42 Å². The van der Waals surface area contributed by atoms with Crippen molar-refractivity contribution in [1.82, 2.24) is 10.1 Å². The molecule has 4 heteroatoms. The van der Waals surface area contributed by atoms with Crippen molar-refractivity contribution in [1.29, 1.82) is 0 Å². The molecule has 0 aliphatic carbocycles. The van der Waals surface area contributed by atoms with E-state index in [9.17, 15) is 0 Å². The first kappa shape index (κ1) is 11.7. The third-order valence-corrected chi connectivity index (χ3v) is 1.83. The van der Waals surface area contributed by atoms with Gasteiger partial charge >= 0.3 is 0 Å². The highest BCUT2D eigenvalue weighted by atomic mass is 16.5. The third kappa shape index (κ3) is 3.72. The van der Waals surface area contributed by atoms with Gasteiger partial charge in [-0.05, 0) is 5.41 Å². The van der Waals surface area contributed by atoms with Gasteiger partial charge in [0.15, 0.2) is 5.82 Å². The Balaban J connectivity index is 2.69. The summed E-state index contributed by atoms with van der Waals surface area (Å²) in [7, 11) is 0. The fraction of sp³-hybridized carbons (Fsp3) is 0.636. The van der Waals surface area contributed by atoms with Crippen molar-refractivity contribution in [3.63, 3.8) is 0 Å². The first-order valence-corrected chi connectivity index (χ1v) is 4.94. The van der Waals surface area contributed by atoms with Gasteiger partial charge in [0.05, 0.1) is 6.04 Å². The van der Waals surface area contributed by atoms with Crippen LogP contribution in [0.5, 0.6) is 0 Å². The maximum absolute atomic E-state index is 5.74. The van der Waals surface area contributed by atoms with E-state index in [0.717, 1.165) is 6.42 Å². The van der Waals surface area contributed by atoms with Crippen LogP contribution < -0.4 is 5.73 Å². The van der Waals surface area contributed by atoms with Crippen molar-refractivity contribution in [2.45, 2.75) is 39.7 Å². The number of hydrogen-bond donors (Lipinski definition) is 1. The smallest absolute Gasteiger partial charge is 0.244 e. The summed E-state index contributed by atoms with van der Waals surface area (Å²) in [6.45, 7) is 6.35. The van der Waals surface area contributed by atoms with E-state index in [1.165, 1.54) is 0 Å². The molecular weight excluding hydrogens is 190 g/mol. The molecule has 1 aromatic heterocycles. The lowest BCUT2D eigenvalue weighted by Gasteiger charge is -2.14. The van der Waals surface area contributed by atoms with Crippen molar-refractivity contribution >= 4 is 0 Å². The standard InChI is InChI=1S/C11H17N3O/c1-5-6-8(12)10-13-9(14-15-10)7-11(2,3)4/h1,8H,6-7,12H2,2-4H3. The molecule has 15 heavy (non-hydrogen) atoms. The van der Waals surface area contributed by atoms with Gasteiger partial charge in [0.25, 0.3) is 0 Å². The Labute approximate surface area is 90.2 Å². The molecule has 0 saturated heterocycles. The summed E-state index contributed by atoms with van der Waals surface area (Å²) in [5.74, 6) is 3.58. The maximum atomic E-state index is 5.74. The second kappa shape index (κ2) is 4.45. The molecule has 82 valence electrons. The number of aromatic nitrogens is 2. The summed E-state index contributed by atoms with van der Waals surface area (Å²) in [6.07, 6.45) is 6.33. The molecule has 0 spiro atoms. The minimum atomic E-state index is -0.351. The lowest BCUT2D eigenvalue weighted by Crippen LogP contribution is -2.12. The minimum absolute atomic E-state index is 0.136. The number of hydrogen-bond acceptors (Lipinski definition) is 4. The average molecular weight is 207 g/mol. The summed E-state index contributed by atoms with van der Waals surface area (Å²) >= 11 is 0. The molecular formula is C11H17N3O. The van der Waals surface area contributed by atoms with Gasteiger partial charge in [-0.2, -0.15) is 4.98 Å². The zero-order valence-electron chi connectivity index (χ0n) is 9.45. The fourth-order valence-electron chi connectivity index (χ4n) is 1.18. The van der Waals surface area contributed by atoms with Gasteiger partial charge in [-0.25, -0.2) is 0 Å². The molecule has 4 nitrogen and oxygen atoms in total. The van der Waals surface area contributed by atoms with Crippen LogP contribution in [0.2, 0.25) is 0 Å². The maximum Gasteiger partial charge on any atom is 0.244 e. The van der Waals surface area contributed by atoms with E-state index in [1.54, 1.807) is 0 Å². The summed E-state index contributed by atoms with van der Waals surface area (Å²) in [6, 6.07) is -0.351. The first-order valence-electron chi connectivity index (χ1n) is 4.94. The normalized spacial score (nSPS) is 13.5. The van der Waals surface area contributed by atoms with Crippen LogP contribution in [0.15, 0.2) is 4.52 Å². The Morgan fingerprint density at radius 3 is 2.73 bits per heavy atom. The Morgan fingerprint density at radius 1 is 1.53 bits per heavy atom. The molecule has 1 unspecified atom stereocenters. The number of nitrogens with two attached hydrogens (primary N) is 1. The highest BCUT2D eigenvalue weighted by Crippen LogP contribution is 2.19. The van der Waals surface area contributed by atoms with E-state index < -0.39 is 0 Å². The summed E-state index contributed by atoms with van der Waals surface area (Å²) in [5, 5.41) is 3.87. The highest BCUT2D eigenvalue weighted by molar-refractivity contribution is 4.99. The van der Waals surface area contributed by atoms with E-state index in [-0.39, 0.29) is 11.5 Å². The Kier molecular flexibility index (Phi) is 3.48. The van der Waals surface area contributed by atoms with Crippen LogP contribution in [0.1, 0.15) is 44.9 Å². The average Bonchev–Trinajstić information content (AvgIpc) is 2.50. The zero-order chi connectivity index (χ0) is 11.5. The lowest BCUT2D eigenvalue weighted by atomic mass is 9.92. The third-order valence-electron chi connectivity index (χ3n) is 1.83. The second-order valence-electron chi connectivity index (χ2n) is 4.80. The Bertz CT molecular complexity index is 357. The zero-order valence-corrected chi connectivity index (χ0v) is 9.45. The topological polar surface area (TPSA) is 64.9 Å². The molecule has 1 heterocycles. The SMILES string of the molecule is C#CCC(N)c1nc(CC(C)(C)C)no1. The predicted molar refractivity (Wildman–Crippen MR) is 57.8 cm³/mol. The Morgan fingerprint density at radius 2 is 2.20 bits per heavy atom. The largest absolute Gasteiger partial charge is 0.338 e. The molecule has 1 aromatic rings. The molecule has 0 aliphatic rings. The molecule has 0 fully saturated rings. The van der Waals surface area contributed by atoms with Gasteiger partial charge in [0.1, 0.15) is 0 Å². The molecule has 0 aromatic carbocycles. The van der Waals surface area contributed by atoms with E-state index in [2.05, 4.69) is 36.8 Å². The lowest BCUT2D eigenvalue weighted by molar-refractivity contribution is 0.341. The summed E-state index contributed by atoms with van der Waals surface area (Å²) in [5.41, 5.74) is 5.88. The van der Waals surface area contributed by atoms with Crippen molar-refractivity contribution < 1.29 is 4.52 Å². The van der Waals surface area contributed by atoms with Crippen LogP contribution in [0, 0.1) is 17.8 Å². The van der Waals surface area contributed by atoms with Gasteiger partial charge in [0.2, 0.25) is 5.89 Å². The van der Waals surface area contributed by atoms with Crippen LogP contribution in [0.25, 0.3) is 0 Å². The molecule has 0 bridgehead atoms. The minimum Gasteiger partial charge on any atom is -0.338 e. The molecule has 0 radical (unpaired) electrons. The van der Waals surface area contributed by atoms with Crippen molar-refractivity contribution in [2.24, 2.45) is 11.1 Å². The van der Waals surface area contributed by atoms with Crippen LogP contribution in [-0.4, -0.2) is 10.1 Å². The van der Waals surface area contributed by atoms with E-state index >= 15 is 0 Å². The van der Waals surface area contributed by atoms with E-state index in [4.69, 9.17) is 16.7 Å². The first-order chi connectivity index (χ1) is 6.92. The predicted octanol–water partition coefficient (Wildman–Crippen LogP) is 1.68. The fourth-order valence-corrected chi connectivity index (χ4v) is 1.18.